The van der Waals surface area contributed by atoms with Crippen LogP contribution in [0.3, 0.4) is 0 Å². The fourth-order valence-corrected chi connectivity index (χ4v) is 0.267. The summed E-state index contributed by atoms with van der Waals surface area (Å²) in [5, 5.41) is 4.66. The summed E-state index contributed by atoms with van der Waals surface area (Å²) in [7, 11) is 0. The Morgan fingerprint density at radius 2 is 1.67 bits per heavy atom. The average molecular weight is 247 g/mol. The normalized spacial score (nSPS) is 6.58. The van der Waals surface area contributed by atoms with Crippen molar-refractivity contribution in [3.63, 3.8) is 0 Å². The number of rotatable bonds is 2. The second-order valence-corrected chi connectivity index (χ2v) is 1.51. The van der Waals surface area contributed by atoms with Gasteiger partial charge >= 0.3 is 0 Å². The maximum atomic E-state index is 10.1. The van der Waals surface area contributed by atoms with Crippen molar-refractivity contribution in [2.24, 2.45) is 0 Å². The van der Waals surface area contributed by atoms with Gasteiger partial charge in [-0.25, -0.2) is 0 Å². The summed E-state index contributed by atoms with van der Waals surface area (Å²) in [6.07, 6.45) is 0. The van der Waals surface area contributed by atoms with Gasteiger partial charge in [-0.15, -0.1) is 0 Å². The van der Waals surface area contributed by atoms with Gasteiger partial charge in [-0.1, -0.05) is 0 Å². The van der Waals surface area contributed by atoms with Crippen LogP contribution in [-0.4, -0.2) is 18.5 Å². The molecular formula is C7H14N2O2Y-2. The number of hydrogen-bond donors (Lipinski definition) is 2. The zero-order valence-electron chi connectivity index (χ0n) is 7.52. The van der Waals surface area contributed by atoms with Crippen molar-refractivity contribution in [1.82, 2.24) is 10.6 Å². The fourth-order valence-electron chi connectivity index (χ4n) is 0.267. The minimum absolute atomic E-state index is 0. The number of carbonyl (C=O) groups excluding carboxylic acids is 2. The summed E-state index contributed by atoms with van der Waals surface area (Å²) >= 11 is 0. The Hall–Kier alpha value is -0.0861. The van der Waals surface area contributed by atoms with Gasteiger partial charge in [0.15, 0.2) is 0 Å². The van der Waals surface area contributed by atoms with Crippen LogP contribution in [0.4, 0.5) is 0 Å². The molecule has 4 nitrogen and oxygen atoms in total. The van der Waals surface area contributed by atoms with E-state index in [4.69, 9.17) is 0 Å². The van der Waals surface area contributed by atoms with Crippen molar-refractivity contribution >= 4 is 11.8 Å². The van der Waals surface area contributed by atoms with Gasteiger partial charge in [0.2, 0.25) is 5.91 Å². The zero-order chi connectivity index (χ0) is 9.28. The van der Waals surface area contributed by atoms with Gasteiger partial charge in [0.25, 0.3) is 0 Å². The molecule has 0 saturated heterocycles. The molecule has 0 rings (SSSR count). The summed E-state index contributed by atoms with van der Waals surface area (Å²) in [5.41, 5.74) is 0. The molecule has 0 atom stereocenters. The Bertz CT molecular complexity index is 115. The molecule has 0 aromatic carbocycles. The summed E-state index contributed by atoms with van der Waals surface area (Å²) < 4.78 is 0. The first-order valence-corrected chi connectivity index (χ1v) is 3.18. The van der Waals surface area contributed by atoms with Crippen LogP contribution in [-0.2, 0) is 42.3 Å². The van der Waals surface area contributed by atoms with Crippen LogP contribution in [0, 0.1) is 13.8 Å². The van der Waals surface area contributed by atoms with Gasteiger partial charge in [0.05, 0.1) is 12.6 Å². The second-order valence-electron chi connectivity index (χ2n) is 1.51. The molecule has 1 radical (unpaired) electrons. The van der Waals surface area contributed by atoms with Crippen LogP contribution in [0.5, 0.6) is 0 Å². The minimum Gasteiger partial charge on any atom is -0.364 e. The van der Waals surface area contributed by atoms with Gasteiger partial charge in [0, 0.05) is 39.6 Å². The molecule has 0 aromatic rings. The van der Waals surface area contributed by atoms with E-state index in [1.807, 2.05) is 0 Å². The standard InChI is InChI=1S/C5H9N2O2.C2H5.Y/c1-4(8)6-3-7-5(2)9;1-2;/h1,3H2,2H3,(H,6,8)(H,7,9);1H2,2H3;/q2*-1;. The number of hydrogen-bond acceptors (Lipinski definition) is 2. The van der Waals surface area contributed by atoms with Gasteiger partial charge in [0.1, 0.15) is 0 Å². The minimum atomic E-state index is -0.399. The molecule has 0 aliphatic heterocycles. The molecule has 0 spiro atoms. The first kappa shape index (κ1) is 17.9. The molecule has 2 amide bonds. The van der Waals surface area contributed by atoms with Crippen molar-refractivity contribution in [3.05, 3.63) is 13.8 Å². The van der Waals surface area contributed by atoms with E-state index in [0.717, 1.165) is 0 Å². The molecule has 69 valence electrons. The molecule has 12 heavy (non-hydrogen) atoms. The van der Waals surface area contributed by atoms with Gasteiger partial charge in [-0.3, -0.25) is 4.79 Å². The maximum Gasteiger partial charge on any atom is 0.218 e. The van der Waals surface area contributed by atoms with Crippen molar-refractivity contribution in [3.8, 4) is 0 Å². The quantitative estimate of drug-likeness (QED) is 0.527. The van der Waals surface area contributed by atoms with Gasteiger partial charge < -0.3 is 29.3 Å². The molecule has 0 bridgehead atoms. The zero-order valence-corrected chi connectivity index (χ0v) is 10.4. The summed E-state index contributed by atoms with van der Waals surface area (Å²) in [6.45, 7) is 9.55. The molecule has 0 heterocycles. The summed E-state index contributed by atoms with van der Waals surface area (Å²) in [6, 6.07) is 0. The van der Waals surface area contributed by atoms with Gasteiger partial charge in [-0.2, -0.15) is 6.92 Å². The molecule has 0 aromatic heterocycles. The predicted octanol–water partition coefficient (Wildman–Crippen LogP) is -0.132. The predicted molar refractivity (Wildman–Crippen MR) is 43.2 cm³/mol. The van der Waals surface area contributed by atoms with E-state index in [0.29, 0.717) is 0 Å². The van der Waals surface area contributed by atoms with E-state index in [1.165, 1.54) is 6.92 Å². The second kappa shape index (κ2) is 13.5. The Morgan fingerprint density at radius 1 is 1.25 bits per heavy atom. The van der Waals surface area contributed by atoms with E-state index in [2.05, 4.69) is 24.5 Å². The first-order valence-electron chi connectivity index (χ1n) is 3.18. The van der Waals surface area contributed by atoms with Gasteiger partial charge in [-0.05, 0) is 0 Å². The van der Waals surface area contributed by atoms with Crippen molar-refractivity contribution in [2.75, 3.05) is 6.67 Å². The monoisotopic (exact) mass is 247 g/mol. The van der Waals surface area contributed by atoms with E-state index in [9.17, 15) is 9.59 Å². The van der Waals surface area contributed by atoms with Crippen LogP contribution in [0.25, 0.3) is 0 Å². The molecule has 0 aliphatic carbocycles. The van der Waals surface area contributed by atoms with Crippen molar-refractivity contribution in [2.45, 2.75) is 13.8 Å². The molecule has 0 saturated carbocycles. The van der Waals surface area contributed by atoms with E-state index < -0.39 is 5.91 Å². The number of carbonyl (C=O) groups is 2. The van der Waals surface area contributed by atoms with Crippen LogP contribution in [0.1, 0.15) is 13.8 Å². The molecule has 0 aliphatic rings. The Kier molecular flexibility index (Phi) is 20.1. The van der Waals surface area contributed by atoms with Crippen LogP contribution in [0.2, 0.25) is 0 Å². The summed E-state index contributed by atoms with van der Waals surface area (Å²) in [5.74, 6) is -0.576. The van der Waals surface area contributed by atoms with Crippen LogP contribution < -0.4 is 10.6 Å². The van der Waals surface area contributed by atoms with Crippen LogP contribution >= 0.6 is 0 Å². The third-order valence-electron chi connectivity index (χ3n) is 0.623. The molecule has 2 N–H and O–H groups in total. The average Bonchev–Trinajstić information content (AvgIpc) is 1.90. The van der Waals surface area contributed by atoms with Crippen LogP contribution in [0.15, 0.2) is 0 Å². The fraction of sp³-hybridized carbons (Fsp3) is 0.429. The summed E-state index contributed by atoms with van der Waals surface area (Å²) in [4.78, 5) is 20.2. The van der Waals surface area contributed by atoms with Crippen molar-refractivity contribution in [1.29, 1.82) is 0 Å². The van der Waals surface area contributed by atoms with E-state index >= 15 is 0 Å². The largest absolute Gasteiger partial charge is 0.364 e. The molecule has 0 unspecified atom stereocenters. The smallest absolute Gasteiger partial charge is 0.218 e. The number of nitrogens with one attached hydrogen (secondary N) is 2. The topological polar surface area (TPSA) is 58.2 Å². The van der Waals surface area contributed by atoms with E-state index in [1.54, 1.807) is 6.92 Å². The Balaban J connectivity index is -0.000000249. The Morgan fingerprint density at radius 3 is 1.92 bits per heavy atom. The Labute approximate surface area is 98.7 Å². The number of amides is 2. The third-order valence-corrected chi connectivity index (χ3v) is 0.623. The first-order chi connectivity index (χ1) is 5.13. The van der Waals surface area contributed by atoms with Crippen molar-refractivity contribution < 1.29 is 42.3 Å². The molecule has 5 heteroatoms. The molecule has 0 fully saturated rings. The third kappa shape index (κ3) is 22.5. The molecular weight excluding hydrogens is 233 g/mol. The maximum absolute atomic E-state index is 10.1. The van der Waals surface area contributed by atoms with E-state index in [-0.39, 0.29) is 45.3 Å². The SMILES string of the molecule is [CH2-]C.[CH2-]C(=O)NCNC(C)=O.[Y].